The molecule has 0 amide bonds. The zero-order chi connectivity index (χ0) is 14.5. The smallest absolute Gasteiger partial charge is 0.136 e. The van der Waals surface area contributed by atoms with Gasteiger partial charge in [0.05, 0.1) is 12.7 Å². The van der Waals surface area contributed by atoms with Crippen LogP contribution in [0.1, 0.15) is 22.3 Å². The molecule has 0 spiro atoms. The van der Waals surface area contributed by atoms with Gasteiger partial charge in [0.1, 0.15) is 11.8 Å². The topological polar surface area (TPSA) is 33.0 Å². The second-order valence-corrected chi connectivity index (χ2v) is 5.72. The summed E-state index contributed by atoms with van der Waals surface area (Å²) in [6, 6.07) is 14.4. The molecule has 0 atom stereocenters. The van der Waals surface area contributed by atoms with Crippen molar-refractivity contribution in [3.05, 3.63) is 58.7 Å². The van der Waals surface area contributed by atoms with Crippen LogP contribution in [0.15, 0.2) is 41.3 Å². The first-order valence-electron chi connectivity index (χ1n) is 6.41. The fourth-order valence-corrected chi connectivity index (χ4v) is 3.01. The first-order chi connectivity index (χ1) is 9.63. The van der Waals surface area contributed by atoms with E-state index in [1.165, 1.54) is 16.0 Å². The normalized spacial score (nSPS) is 10.1. The van der Waals surface area contributed by atoms with Crippen LogP contribution in [0.5, 0.6) is 5.75 Å². The molecule has 0 aliphatic carbocycles. The lowest BCUT2D eigenvalue weighted by atomic mass is 10.1. The van der Waals surface area contributed by atoms with E-state index >= 15 is 0 Å². The summed E-state index contributed by atoms with van der Waals surface area (Å²) in [5.41, 5.74) is 4.30. The van der Waals surface area contributed by atoms with Gasteiger partial charge >= 0.3 is 0 Å². The number of nitriles is 1. The Balaban J connectivity index is 2.15. The molecule has 0 heterocycles. The minimum absolute atomic E-state index is 0.577. The van der Waals surface area contributed by atoms with Gasteiger partial charge < -0.3 is 4.74 Å². The van der Waals surface area contributed by atoms with Crippen molar-refractivity contribution in [2.45, 2.75) is 24.5 Å². The SMILES string of the molecule is COc1cc(CSc2cc(C)ccc2C)ccc1C#N. The molecular weight excluding hydrogens is 266 g/mol. The van der Waals surface area contributed by atoms with E-state index in [1.807, 2.05) is 30.0 Å². The molecule has 0 bridgehead atoms. The number of hydrogen-bond donors (Lipinski definition) is 0. The van der Waals surface area contributed by atoms with Crippen LogP contribution in [0.3, 0.4) is 0 Å². The Kier molecular flexibility index (Phi) is 4.70. The van der Waals surface area contributed by atoms with Gasteiger partial charge in [-0.2, -0.15) is 5.26 Å². The number of thioether (sulfide) groups is 1. The molecule has 2 nitrogen and oxygen atoms in total. The number of nitrogens with zero attached hydrogens (tertiary/aromatic N) is 1. The molecule has 0 aliphatic rings. The van der Waals surface area contributed by atoms with Gasteiger partial charge in [0, 0.05) is 10.6 Å². The Morgan fingerprint density at radius 1 is 1.15 bits per heavy atom. The highest BCUT2D eigenvalue weighted by atomic mass is 32.2. The lowest BCUT2D eigenvalue weighted by molar-refractivity contribution is 0.413. The molecule has 102 valence electrons. The van der Waals surface area contributed by atoms with E-state index in [2.05, 4.69) is 38.1 Å². The van der Waals surface area contributed by atoms with Gasteiger partial charge in [-0.25, -0.2) is 0 Å². The van der Waals surface area contributed by atoms with Gasteiger partial charge in [-0.3, -0.25) is 0 Å². The quantitative estimate of drug-likeness (QED) is 0.776. The second-order valence-electron chi connectivity index (χ2n) is 4.70. The summed E-state index contributed by atoms with van der Waals surface area (Å²) in [6.45, 7) is 4.23. The molecule has 2 aromatic rings. The van der Waals surface area contributed by atoms with Crippen LogP contribution in [0, 0.1) is 25.2 Å². The Labute approximate surface area is 124 Å². The molecule has 2 rings (SSSR count). The van der Waals surface area contributed by atoms with Gasteiger partial charge in [0.2, 0.25) is 0 Å². The summed E-state index contributed by atoms with van der Waals surface area (Å²) in [6.07, 6.45) is 0. The predicted octanol–water partition coefficient (Wildman–Crippen LogP) is 4.48. The van der Waals surface area contributed by atoms with Gasteiger partial charge in [0.25, 0.3) is 0 Å². The number of aryl methyl sites for hydroxylation is 2. The van der Waals surface area contributed by atoms with Crippen molar-refractivity contribution in [1.29, 1.82) is 5.26 Å². The van der Waals surface area contributed by atoms with E-state index in [0.717, 1.165) is 11.3 Å². The van der Waals surface area contributed by atoms with Gasteiger partial charge in [0.15, 0.2) is 0 Å². The Morgan fingerprint density at radius 3 is 2.65 bits per heavy atom. The molecule has 2 aromatic carbocycles. The van der Waals surface area contributed by atoms with Crippen molar-refractivity contribution in [3.63, 3.8) is 0 Å². The molecule has 0 aliphatic heterocycles. The Morgan fingerprint density at radius 2 is 1.95 bits per heavy atom. The molecule has 0 N–H and O–H groups in total. The van der Waals surface area contributed by atoms with Crippen LogP contribution in [0.25, 0.3) is 0 Å². The van der Waals surface area contributed by atoms with Crippen LogP contribution >= 0.6 is 11.8 Å². The number of hydrogen-bond acceptors (Lipinski definition) is 3. The Hall–Kier alpha value is -1.92. The van der Waals surface area contributed by atoms with Crippen LogP contribution in [0.2, 0.25) is 0 Å². The predicted molar refractivity (Wildman–Crippen MR) is 83.2 cm³/mol. The number of rotatable bonds is 4. The fraction of sp³-hybridized carbons (Fsp3) is 0.235. The maximum atomic E-state index is 8.98. The first kappa shape index (κ1) is 14.5. The monoisotopic (exact) mass is 283 g/mol. The summed E-state index contributed by atoms with van der Waals surface area (Å²) in [7, 11) is 1.60. The summed E-state index contributed by atoms with van der Waals surface area (Å²) in [5, 5.41) is 8.98. The molecular formula is C17H17NOS. The van der Waals surface area contributed by atoms with Crippen LogP contribution in [0.4, 0.5) is 0 Å². The van der Waals surface area contributed by atoms with Crippen molar-refractivity contribution < 1.29 is 4.74 Å². The highest BCUT2D eigenvalue weighted by Crippen LogP contribution is 2.29. The molecule has 0 saturated heterocycles. The second kappa shape index (κ2) is 6.49. The van der Waals surface area contributed by atoms with Crippen molar-refractivity contribution in [2.75, 3.05) is 7.11 Å². The van der Waals surface area contributed by atoms with E-state index < -0.39 is 0 Å². The third kappa shape index (κ3) is 3.34. The lowest BCUT2D eigenvalue weighted by Crippen LogP contribution is -1.90. The molecule has 0 radical (unpaired) electrons. The number of methoxy groups -OCH3 is 1. The van der Waals surface area contributed by atoms with Crippen molar-refractivity contribution >= 4 is 11.8 Å². The van der Waals surface area contributed by atoms with Gasteiger partial charge in [-0.05, 0) is 43.2 Å². The van der Waals surface area contributed by atoms with E-state index in [4.69, 9.17) is 10.00 Å². The molecule has 0 aromatic heterocycles. The number of ether oxygens (including phenoxy) is 1. The van der Waals surface area contributed by atoms with Crippen molar-refractivity contribution in [2.24, 2.45) is 0 Å². The average molecular weight is 283 g/mol. The van der Waals surface area contributed by atoms with E-state index in [0.29, 0.717) is 11.3 Å². The van der Waals surface area contributed by atoms with Crippen molar-refractivity contribution in [3.8, 4) is 11.8 Å². The zero-order valence-corrected chi connectivity index (χ0v) is 12.8. The average Bonchev–Trinajstić information content (AvgIpc) is 2.47. The van der Waals surface area contributed by atoms with Crippen LogP contribution in [-0.2, 0) is 5.75 Å². The largest absolute Gasteiger partial charge is 0.495 e. The molecule has 20 heavy (non-hydrogen) atoms. The molecule has 0 saturated carbocycles. The highest BCUT2D eigenvalue weighted by Gasteiger charge is 2.05. The standard InChI is InChI=1S/C17H17NOS/c1-12-4-5-13(2)17(8-12)20-11-14-6-7-15(10-18)16(9-14)19-3/h4-9H,11H2,1-3H3. The molecule has 3 heteroatoms. The third-order valence-corrected chi connectivity index (χ3v) is 4.35. The summed E-state index contributed by atoms with van der Waals surface area (Å²) in [4.78, 5) is 1.30. The third-order valence-electron chi connectivity index (χ3n) is 3.12. The summed E-state index contributed by atoms with van der Waals surface area (Å²) < 4.78 is 5.24. The highest BCUT2D eigenvalue weighted by molar-refractivity contribution is 7.98. The minimum Gasteiger partial charge on any atom is -0.495 e. The van der Waals surface area contributed by atoms with Crippen LogP contribution < -0.4 is 4.74 Å². The van der Waals surface area contributed by atoms with Gasteiger partial charge in [-0.15, -0.1) is 11.8 Å². The first-order valence-corrected chi connectivity index (χ1v) is 7.39. The van der Waals surface area contributed by atoms with Gasteiger partial charge in [-0.1, -0.05) is 23.8 Å². The van der Waals surface area contributed by atoms with Crippen LogP contribution in [-0.4, -0.2) is 7.11 Å². The van der Waals surface area contributed by atoms with E-state index in [-0.39, 0.29) is 0 Å². The molecule has 0 fully saturated rings. The lowest BCUT2D eigenvalue weighted by Gasteiger charge is -2.09. The maximum Gasteiger partial charge on any atom is 0.136 e. The maximum absolute atomic E-state index is 8.98. The van der Waals surface area contributed by atoms with E-state index in [1.54, 1.807) is 7.11 Å². The summed E-state index contributed by atoms with van der Waals surface area (Å²) in [5.74, 6) is 1.51. The Bertz CT molecular complexity index is 659. The zero-order valence-electron chi connectivity index (χ0n) is 11.9. The minimum atomic E-state index is 0.577. The fourth-order valence-electron chi connectivity index (χ4n) is 1.94. The summed E-state index contributed by atoms with van der Waals surface area (Å²) >= 11 is 1.81. The molecule has 0 unspecified atom stereocenters. The number of benzene rings is 2. The van der Waals surface area contributed by atoms with E-state index in [9.17, 15) is 0 Å². The van der Waals surface area contributed by atoms with Crippen molar-refractivity contribution in [1.82, 2.24) is 0 Å².